The Morgan fingerprint density at radius 3 is 2.62 bits per heavy atom. The third kappa shape index (κ3) is 3.05. The fourth-order valence-corrected chi connectivity index (χ4v) is 3.44. The van der Waals surface area contributed by atoms with Crippen LogP contribution in [0.4, 0.5) is 8.78 Å². The predicted molar refractivity (Wildman–Crippen MR) is 101 cm³/mol. The summed E-state index contributed by atoms with van der Waals surface area (Å²) in [6.07, 6.45) is 6.75. The molecule has 0 saturated carbocycles. The summed E-state index contributed by atoms with van der Waals surface area (Å²) in [7, 11) is 0. The molecule has 5 nitrogen and oxygen atoms in total. The van der Waals surface area contributed by atoms with E-state index in [2.05, 4.69) is 46.8 Å². The van der Waals surface area contributed by atoms with Gasteiger partial charge >= 0.3 is 0 Å². The fourth-order valence-electron chi connectivity index (χ4n) is 2.78. The van der Waals surface area contributed by atoms with E-state index >= 15 is 0 Å². The van der Waals surface area contributed by atoms with Crippen LogP contribution in [0.3, 0.4) is 0 Å². The van der Waals surface area contributed by atoms with Crippen molar-refractivity contribution in [3.8, 4) is 11.4 Å². The highest BCUT2D eigenvalue weighted by Crippen LogP contribution is 2.29. The van der Waals surface area contributed by atoms with E-state index in [9.17, 15) is 8.78 Å². The summed E-state index contributed by atoms with van der Waals surface area (Å²) in [5.74, 6) is -0.0385. The molecule has 0 saturated heterocycles. The zero-order valence-electron chi connectivity index (χ0n) is 13.2. The zero-order valence-corrected chi connectivity index (χ0v) is 16.4. The molecular weight excluding hydrogens is 472 g/mol. The normalized spacial score (nSPS) is 11.4. The van der Waals surface area contributed by atoms with Gasteiger partial charge < -0.3 is 4.57 Å². The van der Waals surface area contributed by atoms with Crippen LogP contribution in [0, 0.1) is 5.82 Å². The molecular formula is C17H11Br2F2N5. The Labute approximate surface area is 164 Å². The first-order valence-electron chi connectivity index (χ1n) is 7.58. The highest BCUT2D eigenvalue weighted by Gasteiger charge is 2.15. The minimum absolute atomic E-state index is 0.267. The van der Waals surface area contributed by atoms with Gasteiger partial charge in [-0.25, -0.2) is 18.7 Å². The molecule has 3 heterocycles. The molecule has 3 aromatic heterocycles. The number of fused-ring (bicyclic) bond motifs is 1. The minimum Gasteiger partial charge on any atom is -0.321 e. The van der Waals surface area contributed by atoms with Gasteiger partial charge in [0.25, 0.3) is 0 Å². The maximum atomic E-state index is 13.8. The van der Waals surface area contributed by atoms with Gasteiger partial charge in [-0.15, -0.1) is 0 Å². The molecule has 0 aliphatic carbocycles. The summed E-state index contributed by atoms with van der Waals surface area (Å²) in [4.78, 5) is 12.7. The van der Waals surface area contributed by atoms with E-state index in [4.69, 9.17) is 0 Å². The topological polar surface area (TPSA) is 48.5 Å². The van der Waals surface area contributed by atoms with Crippen molar-refractivity contribution in [3.63, 3.8) is 0 Å². The van der Waals surface area contributed by atoms with E-state index in [0.29, 0.717) is 29.0 Å². The van der Waals surface area contributed by atoms with Crippen LogP contribution in [0.1, 0.15) is 5.56 Å². The lowest BCUT2D eigenvalue weighted by Crippen LogP contribution is -2.01. The van der Waals surface area contributed by atoms with Crippen LogP contribution in [0.2, 0.25) is 0 Å². The van der Waals surface area contributed by atoms with Crippen LogP contribution in [0.25, 0.3) is 22.4 Å². The first-order valence-corrected chi connectivity index (χ1v) is 9.16. The number of pyridine rings is 1. The van der Waals surface area contributed by atoms with Crippen molar-refractivity contribution in [1.82, 2.24) is 24.1 Å². The second kappa shape index (κ2) is 6.88. The largest absolute Gasteiger partial charge is 0.321 e. The Morgan fingerprint density at radius 1 is 1.04 bits per heavy atom. The number of halogens is 4. The standard InChI is InChI=1S/C17H11Br2F2N5/c18-12-2-15-14(3-13(12)21)24-17(26(15)8-20)11-1-10(4-22-5-11)7-25-9-23-6-16(25)19/h1-6,9H,7-8H2. The van der Waals surface area contributed by atoms with Crippen LogP contribution in [-0.4, -0.2) is 24.1 Å². The van der Waals surface area contributed by atoms with E-state index in [-0.39, 0.29) is 4.47 Å². The summed E-state index contributed by atoms with van der Waals surface area (Å²) in [6, 6.07) is 4.70. The average molecular weight is 483 g/mol. The third-order valence-electron chi connectivity index (χ3n) is 3.98. The quantitative estimate of drug-likeness (QED) is 0.414. The SMILES string of the molecule is FCn1c(-c2cncc(Cn3cncc3Br)c2)nc2cc(F)c(Br)cc21. The van der Waals surface area contributed by atoms with Crippen molar-refractivity contribution < 1.29 is 8.78 Å². The second-order valence-corrected chi connectivity index (χ2v) is 7.33. The molecule has 0 radical (unpaired) electrons. The number of aromatic nitrogens is 5. The van der Waals surface area contributed by atoms with Crippen molar-refractivity contribution in [3.05, 3.63) is 63.6 Å². The van der Waals surface area contributed by atoms with Crippen LogP contribution in [0.5, 0.6) is 0 Å². The fraction of sp³-hybridized carbons (Fsp3) is 0.118. The first kappa shape index (κ1) is 17.3. The first-order chi connectivity index (χ1) is 12.6. The van der Waals surface area contributed by atoms with Crippen molar-refractivity contribution >= 4 is 42.9 Å². The van der Waals surface area contributed by atoms with Crippen molar-refractivity contribution in [1.29, 1.82) is 0 Å². The molecule has 4 rings (SSSR count). The highest BCUT2D eigenvalue weighted by molar-refractivity contribution is 9.10. The monoisotopic (exact) mass is 481 g/mol. The lowest BCUT2D eigenvalue weighted by molar-refractivity contribution is 0.387. The van der Waals surface area contributed by atoms with Crippen molar-refractivity contribution in [2.45, 2.75) is 13.3 Å². The summed E-state index contributed by atoms with van der Waals surface area (Å²) in [6.45, 7) is -0.224. The van der Waals surface area contributed by atoms with Crippen molar-refractivity contribution in [2.75, 3.05) is 0 Å². The van der Waals surface area contributed by atoms with Crippen LogP contribution < -0.4 is 0 Å². The Hall–Kier alpha value is -2.13. The summed E-state index contributed by atoms with van der Waals surface area (Å²) in [5, 5.41) is 0. The maximum Gasteiger partial charge on any atom is 0.167 e. The number of rotatable bonds is 4. The lowest BCUT2D eigenvalue weighted by atomic mass is 10.2. The molecule has 0 aliphatic heterocycles. The molecule has 26 heavy (non-hydrogen) atoms. The number of hydrogen-bond acceptors (Lipinski definition) is 3. The third-order valence-corrected chi connectivity index (χ3v) is 5.25. The Balaban J connectivity index is 1.80. The number of alkyl halides is 1. The van der Waals surface area contributed by atoms with Gasteiger partial charge in [0, 0.05) is 24.0 Å². The molecule has 0 unspecified atom stereocenters. The Bertz CT molecular complexity index is 1110. The molecule has 0 fully saturated rings. The number of benzene rings is 1. The molecule has 0 spiro atoms. The van der Waals surface area contributed by atoms with E-state index in [0.717, 1.165) is 10.2 Å². The molecule has 0 aliphatic rings. The maximum absolute atomic E-state index is 13.8. The highest BCUT2D eigenvalue weighted by atomic mass is 79.9. The van der Waals surface area contributed by atoms with E-state index in [1.54, 1.807) is 24.9 Å². The second-order valence-electron chi connectivity index (χ2n) is 5.66. The van der Waals surface area contributed by atoms with Gasteiger partial charge in [-0.05, 0) is 49.6 Å². The number of hydrogen-bond donors (Lipinski definition) is 0. The zero-order chi connectivity index (χ0) is 18.3. The smallest absolute Gasteiger partial charge is 0.167 e. The van der Waals surface area contributed by atoms with Crippen LogP contribution >= 0.6 is 31.9 Å². The van der Waals surface area contributed by atoms with Gasteiger partial charge in [0.05, 0.1) is 34.6 Å². The molecule has 132 valence electrons. The van der Waals surface area contributed by atoms with Gasteiger partial charge in [-0.1, -0.05) is 0 Å². The van der Waals surface area contributed by atoms with Crippen LogP contribution in [-0.2, 0) is 13.3 Å². The lowest BCUT2D eigenvalue weighted by Gasteiger charge is -2.08. The average Bonchev–Trinajstić information content (AvgIpc) is 3.19. The number of imidazole rings is 2. The van der Waals surface area contributed by atoms with E-state index in [1.807, 2.05) is 10.6 Å². The van der Waals surface area contributed by atoms with Gasteiger partial charge in [0.1, 0.15) is 16.2 Å². The molecule has 4 aromatic rings. The number of nitrogens with zero attached hydrogens (tertiary/aromatic N) is 5. The van der Waals surface area contributed by atoms with Gasteiger partial charge in [0.2, 0.25) is 0 Å². The molecule has 0 amide bonds. The molecule has 0 bridgehead atoms. The van der Waals surface area contributed by atoms with Gasteiger partial charge in [0.15, 0.2) is 6.80 Å². The van der Waals surface area contributed by atoms with E-state index < -0.39 is 12.6 Å². The minimum atomic E-state index is -0.777. The Morgan fingerprint density at radius 2 is 1.88 bits per heavy atom. The summed E-state index contributed by atoms with van der Waals surface area (Å²) in [5.41, 5.74) is 2.47. The summed E-state index contributed by atoms with van der Waals surface area (Å²) >= 11 is 6.55. The molecule has 0 atom stereocenters. The van der Waals surface area contributed by atoms with Gasteiger partial charge in [-0.3, -0.25) is 9.55 Å². The van der Waals surface area contributed by atoms with Crippen LogP contribution in [0.15, 0.2) is 52.2 Å². The molecule has 0 N–H and O–H groups in total. The molecule has 9 heteroatoms. The van der Waals surface area contributed by atoms with E-state index in [1.165, 1.54) is 16.7 Å². The Kier molecular flexibility index (Phi) is 4.58. The van der Waals surface area contributed by atoms with Crippen molar-refractivity contribution in [2.24, 2.45) is 0 Å². The molecule has 1 aromatic carbocycles. The van der Waals surface area contributed by atoms with Gasteiger partial charge in [-0.2, -0.15) is 0 Å². The predicted octanol–water partition coefficient (Wildman–Crippen LogP) is 4.93. The summed E-state index contributed by atoms with van der Waals surface area (Å²) < 4.78 is 31.9.